The van der Waals surface area contributed by atoms with Gasteiger partial charge in [0.2, 0.25) is 0 Å². The molecular weight excluding hydrogens is 250 g/mol. The van der Waals surface area contributed by atoms with Gasteiger partial charge >= 0.3 is 5.00 Å². The lowest BCUT2D eigenvalue weighted by atomic mass is 10.2. The lowest BCUT2D eigenvalue weighted by Gasteiger charge is -2.03. The van der Waals surface area contributed by atoms with E-state index in [0.29, 0.717) is 17.1 Å². The van der Waals surface area contributed by atoms with E-state index in [1.54, 1.807) is 0 Å². The molecule has 1 aromatic heterocycles. The van der Waals surface area contributed by atoms with Crippen molar-refractivity contribution in [2.75, 3.05) is 5.32 Å². The van der Waals surface area contributed by atoms with Gasteiger partial charge in [-0.15, -0.1) is 0 Å². The van der Waals surface area contributed by atoms with Gasteiger partial charge in [0.15, 0.2) is 0 Å². The summed E-state index contributed by atoms with van der Waals surface area (Å²) in [5, 5.41) is 23.1. The first-order valence-corrected chi connectivity index (χ1v) is 5.98. The van der Waals surface area contributed by atoms with Crippen LogP contribution in [0.1, 0.15) is 11.1 Å². The Morgan fingerprint density at radius 3 is 2.72 bits per heavy atom. The number of nitrogens with one attached hydrogen (secondary N) is 1. The van der Waals surface area contributed by atoms with Crippen molar-refractivity contribution in [3.05, 3.63) is 57.6 Å². The van der Waals surface area contributed by atoms with E-state index < -0.39 is 4.92 Å². The molecule has 2 aromatic rings. The van der Waals surface area contributed by atoms with E-state index in [2.05, 4.69) is 5.32 Å². The second kappa shape index (κ2) is 5.29. The summed E-state index contributed by atoms with van der Waals surface area (Å²) in [5.41, 5.74) is 1.36. The highest BCUT2D eigenvalue weighted by Crippen LogP contribution is 2.33. The van der Waals surface area contributed by atoms with E-state index in [-0.39, 0.29) is 5.00 Å². The van der Waals surface area contributed by atoms with Crippen LogP contribution in [0.3, 0.4) is 0 Å². The summed E-state index contributed by atoms with van der Waals surface area (Å²) in [4.78, 5) is 10.1. The van der Waals surface area contributed by atoms with Crippen LogP contribution in [0.2, 0.25) is 0 Å². The van der Waals surface area contributed by atoms with Gasteiger partial charge < -0.3 is 5.32 Å². The molecule has 0 saturated heterocycles. The lowest BCUT2D eigenvalue weighted by molar-refractivity contribution is -0.380. The number of hydrogen-bond acceptors (Lipinski definition) is 5. The molecule has 0 saturated carbocycles. The predicted molar refractivity (Wildman–Crippen MR) is 69.5 cm³/mol. The van der Waals surface area contributed by atoms with E-state index in [0.717, 1.165) is 16.9 Å². The third-order valence-corrected chi connectivity index (χ3v) is 3.36. The molecular formula is C12H9N3O2S. The molecule has 2 rings (SSSR count). The zero-order chi connectivity index (χ0) is 13.0. The van der Waals surface area contributed by atoms with Crippen molar-refractivity contribution < 1.29 is 4.92 Å². The van der Waals surface area contributed by atoms with Gasteiger partial charge in [-0.3, -0.25) is 10.1 Å². The van der Waals surface area contributed by atoms with E-state index in [4.69, 9.17) is 5.26 Å². The SMILES string of the molecule is N#Cc1cc([N+](=O)[O-])sc1NCc1ccccc1. The van der Waals surface area contributed by atoms with Gasteiger partial charge in [-0.25, -0.2) is 0 Å². The van der Waals surface area contributed by atoms with E-state index in [9.17, 15) is 10.1 Å². The molecule has 5 nitrogen and oxygen atoms in total. The van der Waals surface area contributed by atoms with E-state index in [1.807, 2.05) is 36.4 Å². The number of nitro groups is 1. The fourth-order valence-corrected chi connectivity index (χ4v) is 2.28. The van der Waals surface area contributed by atoms with Gasteiger partial charge in [0.25, 0.3) is 0 Å². The minimum absolute atomic E-state index is 0.0258. The average Bonchev–Trinajstić information content (AvgIpc) is 2.81. The molecule has 0 radical (unpaired) electrons. The number of rotatable bonds is 4. The van der Waals surface area contributed by atoms with Gasteiger partial charge in [0.1, 0.15) is 11.1 Å². The van der Waals surface area contributed by atoms with E-state index in [1.165, 1.54) is 6.07 Å². The first-order valence-electron chi connectivity index (χ1n) is 5.17. The molecule has 0 fully saturated rings. The summed E-state index contributed by atoms with van der Waals surface area (Å²) >= 11 is 0.979. The molecule has 6 heteroatoms. The highest BCUT2D eigenvalue weighted by Gasteiger charge is 2.16. The van der Waals surface area contributed by atoms with Crippen LogP contribution < -0.4 is 5.32 Å². The Balaban J connectivity index is 2.14. The van der Waals surface area contributed by atoms with Crippen LogP contribution in [-0.4, -0.2) is 4.92 Å². The van der Waals surface area contributed by atoms with Crippen molar-refractivity contribution in [2.24, 2.45) is 0 Å². The molecule has 0 aliphatic heterocycles. The maximum Gasteiger partial charge on any atom is 0.327 e. The van der Waals surface area contributed by atoms with Crippen LogP contribution in [0.4, 0.5) is 10.0 Å². The number of nitrogens with zero attached hydrogens (tertiary/aromatic N) is 2. The molecule has 0 atom stereocenters. The first kappa shape index (κ1) is 12.1. The number of nitriles is 1. The van der Waals surface area contributed by atoms with Crippen LogP contribution in [0.25, 0.3) is 0 Å². The maximum atomic E-state index is 10.6. The molecule has 1 heterocycles. The third-order valence-electron chi connectivity index (χ3n) is 2.32. The normalized spacial score (nSPS) is 9.72. The molecule has 0 bridgehead atoms. The summed E-state index contributed by atoms with van der Waals surface area (Å²) in [7, 11) is 0. The number of thiophene rings is 1. The number of anilines is 1. The van der Waals surface area contributed by atoms with Crippen molar-refractivity contribution in [1.82, 2.24) is 0 Å². The zero-order valence-electron chi connectivity index (χ0n) is 9.29. The highest BCUT2D eigenvalue weighted by atomic mass is 32.1. The van der Waals surface area contributed by atoms with Crippen molar-refractivity contribution in [1.29, 1.82) is 5.26 Å². The summed E-state index contributed by atoms with van der Waals surface area (Å²) < 4.78 is 0. The molecule has 0 aliphatic carbocycles. The zero-order valence-corrected chi connectivity index (χ0v) is 10.1. The molecule has 90 valence electrons. The summed E-state index contributed by atoms with van der Waals surface area (Å²) in [6.45, 7) is 0.535. The molecule has 18 heavy (non-hydrogen) atoms. The van der Waals surface area contributed by atoms with Crippen LogP contribution in [0.5, 0.6) is 0 Å². The van der Waals surface area contributed by atoms with Crippen molar-refractivity contribution in [3.8, 4) is 6.07 Å². The molecule has 0 amide bonds. The Morgan fingerprint density at radius 1 is 1.39 bits per heavy atom. The van der Waals surface area contributed by atoms with Crippen LogP contribution >= 0.6 is 11.3 Å². The fourth-order valence-electron chi connectivity index (χ4n) is 1.46. The quantitative estimate of drug-likeness (QED) is 0.675. The standard InChI is InChI=1S/C12H9N3O2S/c13-7-10-6-11(15(16)17)18-12(10)14-8-9-4-2-1-3-5-9/h1-6,14H,8H2. The molecule has 0 aliphatic rings. The van der Waals surface area contributed by atoms with Crippen molar-refractivity contribution in [2.45, 2.75) is 6.54 Å². The Morgan fingerprint density at radius 2 is 2.11 bits per heavy atom. The minimum atomic E-state index is -0.487. The summed E-state index contributed by atoms with van der Waals surface area (Å²) in [5.74, 6) is 0. The van der Waals surface area contributed by atoms with Crippen LogP contribution in [0.15, 0.2) is 36.4 Å². The van der Waals surface area contributed by atoms with Gasteiger partial charge in [-0.1, -0.05) is 30.3 Å². The molecule has 1 N–H and O–H groups in total. The topological polar surface area (TPSA) is 79.0 Å². The molecule has 0 unspecified atom stereocenters. The Labute approximate surface area is 107 Å². The van der Waals surface area contributed by atoms with Crippen LogP contribution in [0, 0.1) is 21.4 Å². The maximum absolute atomic E-state index is 10.6. The van der Waals surface area contributed by atoms with Gasteiger partial charge in [0.05, 0.1) is 10.5 Å². The van der Waals surface area contributed by atoms with Gasteiger partial charge in [-0.05, 0) is 16.9 Å². The van der Waals surface area contributed by atoms with E-state index >= 15 is 0 Å². The smallest absolute Gasteiger partial charge is 0.327 e. The van der Waals surface area contributed by atoms with Crippen molar-refractivity contribution in [3.63, 3.8) is 0 Å². The predicted octanol–water partition coefficient (Wildman–Crippen LogP) is 3.14. The van der Waals surface area contributed by atoms with Crippen molar-refractivity contribution >= 4 is 21.3 Å². The largest absolute Gasteiger partial charge is 0.372 e. The van der Waals surface area contributed by atoms with Crippen LogP contribution in [-0.2, 0) is 6.54 Å². The number of benzene rings is 1. The average molecular weight is 259 g/mol. The Bertz CT molecular complexity index is 602. The van der Waals surface area contributed by atoms with Gasteiger partial charge in [0, 0.05) is 12.6 Å². The minimum Gasteiger partial charge on any atom is -0.372 e. The fraction of sp³-hybridized carbons (Fsp3) is 0.0833. The molecule has 0 spiro atoms. The second-order valence-electron chi connectivity index (χ2n) is 3.54. The first-order chi connectivity index (χ1) is 8.70. The third kappa shape index (κ3) is 2.64. The lowest BCUT2D eigenvalue weighted by Crippen LogP contribution is -1.98. The highest BCUT2D eigenvalue weighted by molar-refractivity contribution is 7.19. The monoisotopic (exact) mass is 259 g/mol. The van der Waals surface area contributed by atoms with Gasteiger partial charge in [-0.2, -0.15) is 5.26 Å². The summed E-state index contributed by atoms with van der Waals surface area (Å²) in [6.07, 6.45) is 0. The Hall–Kier alpha value is -2.39. The number of hydrogen-bond donors (Lipinski definition) is 1. The summed E-state index contributed by atoms with van der Waals surface area (Å²) in [6, 6.07) is 12.9. The second-order valence-corrected chi connectivity index (χ2v) is 4.57. The molecule has 1 aromatic carbocycles. The Kier molecular flexibility index (Phi) is 3.55.